The number of carbonyl (C=O) groups excluding carboxylic acids is 1. The molecule has 0 aliphatic carbocycles. The monoisotopic (exact) mass is 295 g/mol. The Kier molecular flexibility index (Phi) is 4.50. The topological polar surface area (TPSA) is 63.7 Å². The van der Waals surface area contributed by atoms with E-state index in [4.69, 9.17) is 16.3 Å². The molecule has 0 aromatic carbocycles. The second-order valence-electron chi connectivity index (χ2n) is 4.87. The van der Waals surface area contributed by atoms with Crippen LogP contribution in [0, 0.1) is 0 Å². The fourth-order valence-electron chi connectivity index (χ4n) is 2.56. The molecule has 104 valence electrons. The lowest BCUT2D eigenvalue weighted by molar-refractivity contribution is -0.132. The van der Waals surface area contributed by atoms with Crippen LogP contribution in [0.1, 0.15) is 19.3 Å². The Morgan fingerprint density at radius 2 is 2.17 bits per heavy atom. The number of halogens is 1. The molecule has 0 aromatic heterocycles. The molecule has 2 heterocycles. The van der Waals surface area contributed by atoms with Crippen LogP contribution in [0.2, 0.25) is 0 Å². The molecule has 2 rings (SSSR count). The van der Waals surface area contributed by atoms with Gasteiger partial charge in [0.05, 0.1) is 17.6 Å². The highest BCUT2D eigenvalue weighted by molar-refractivity contribution is 7.91. The van der Waals surface area contributed by atoms with Crippen LogP contribution in [-0.4, -0.2) is 61.9 Å². The first kappa shape index (κ1) is 14.1. The first-order valence-corrected chi connectivity index (χ1v) is 8.55. The summed E-state index contributed by atoms with van der Waals surface area (Å²) in [6.45, 7) is 1.18. The summed E-state index contributed by atoms with van der Waals surface area (Å²) >= 11 is 5.60. The predicted molar refractivity (Wildman–Crippen MR) is 68.5 cm³/mol. The van der Waals surface area contributed by atoms with E-state index < -0.39 is 9.84 Å². The van der Waals surface area contributed by atoms with E-state index in [-0.39, 0.29) is 35.4 Å². The van der Waals surface area contributed by atoms with Crippen molar-refractivity contribution in [1.29, 1.82) is 0 Å². The third-order valence-corrected chi connectivity index (χ3v) is 5.49. The number of hydrogen-bond donors (Lipinski definition) is 0. The molecule has 0 spiro atoms. The van der Waals surface area contributed by atoms with Crippen molar-refractivity contribution in [2.75, 3.05) is 30.5 Å². The average molecular weight is 296 g/mol. The largest absolute Gasteiger partial charge is 0.376 e. The highest BCUT2D eigenvalue weighted by Crippen LogP contribution is 2.21. The van der Waals surface area contributed by atoms with Gasteiger partial charge >= 0.3 is 0 Å². The van der Waals surface area contributed by atoms with Crippen LogP contribution in [-0.2, 0) is 19.4 Å². The summed E-state index contributed by atoms with van der Waals surface area (Å²) < 4.78 is 28.5. The second-order valence-corrected chi connectivity index (χ2v) is 7.37. The van der Waals surface area contributed by atoms with E-state index in [1.807, 2.05) is 0 Å². The van der Waals surface area contributed by atoms with Gasteiger partial charge in [-0.2, -0.15) is 0 Å². The quantitative estimate of drug-likeness (QED) is 0.705. The molecule has 0 radical (unpaired) electrons. The Labute approximate surface area is 112 Å². The van der Waals surface area contributed by atoms with Crippen LogP contribution in [0.3, 0.4) is 0 Å². The average Bonchev–Trinajstić information content (AvgIpc) is 2.94. The van der Waals surface area contributed by atoms with Gasteiger partial charge in [-0.05, 0) is 19.3 Å². The minimum Gasteiger partial charge on any atom is -0.376 e. The van der Waals surface area contributed by atoms with Crippen molar-refractivity contribution in [2.24, 2.45) is 0 Å². The molecule has 18 heavy (non-hydrogen) atoms. The third kappa shape index (κ3) is 3.36. The lowest BCUT2D eigenvalue weighted by atomic mass is 10.1. The number of ether oxygens (including phenoxy) is 1. The lowest BCUT2D eigenvalue weighted by Crippen LogP contribution is -2.45. The zero-order valence-corrected chi connectivity index (χ0v) is 11.8. The molecule has 0 bridgehead atoms. The highest BCUT2D eigenvalue weighted by atomic mass is 35.5. The van der Waals surface area contributed by atoms with Gasteiger partial charge in [-0.25, -0.2) is 8.42 Å². The van der Waals surface area contributed by atoms with Crippen LogP contribution in [0.15, 0.2) is 0 Å². The Morgan fingerprint density at radius 3 is 2.67 bits per heavy atom. The minimum absolute atomic E-state index is 0.0282. The van der Waals surface area contributed by atoms with E-state index >= 15 is 0 Å². The van der Waals surface area contributed by atoms with Gasteiger partial charge in [0, 0.05) is 19.2 Å². The van der Waals surface area contributed by atoms with Crippen molar-refractivity contribution in [3.8, 4) is 0 Å². The standard InChI is InChI=1S/C11H18ClNO4S/c12-6-11(14)13(7-10-2-1-4-17-10)9-3-5-18(15,16)8-9/h9-10H,1-8H2/t9-,10-/m0/s1. The summed E-state index contributed by atoms with van der Waals surface area (Å²) in [7, 11) is -2.99. The zero-order chi connectivity index (χ0) is 13.2. The molecule has 0 aromatic rings. The van der Waals surface area contributed by atoms with Crippen LogP contribution in [0.5, 0.6) is 0 Å². The first-order chi connectivity index (χ1) is 8.52. The maximum Gasteiger partial charge on any atom is 0.237 e. The summed E-state index contributed by atoms with van der Waals surface area (Å²) in [4.78, 5) is 13.4. The number of rotatable bonds is 4. The molecule has 2 fully saturated rings. The van der Waals surface area contributed by atoms with E-state index in [1.165, 1.54) is 0 Å². The van der Waals surface area contributed by atoms with Gasteiger partial charge in [0.2, 0.25) is 5.91 Å². The highest BCUT2D eigenvalue weighted by Gasteiger charge is 2.35. The molecular formula is C11H18ClNO4S. The number of amides is 1. The van der Waals surface area contributed by atoms with Gasteiger partial charge in [-0.15, -0.1) is 11.6 Å². The van der Waals surface area contributed by atoms with E-state index in [9.17, 15) is 13.2 Å². The molecule has 0 unspecified atom stereocenters. The molecule has 0 N–H and O–H groups in total. The lowest BCUT2D eigenvalue weighted by Gasteiger charge is -2.29. The number of alkyl halides is 1. The van der Waals surface area contributed by atoms with Crippen molar-refractivity contribution in [3.63, 3.8) is 0 Å². The van der Waals surface area contributed by atoms with Crippen LogP contribution < -0.4 is 0 Å². The summed E-state index contributed by atoms with van der Waals surface area (Å²) in [5.41, 5.74) is 0. The fourth-order valence-corrected chi connectivity index (χ4v) is 4.44. The third-order valence-electron chi connectivity index (χ3n) is 3.51. The molecule has 2 saturated heterocycles. The van der Waals surface area contributed by atoms with E-state index in [1.54, 1.807) is 4.90 Å². The van der Waals surface area contributed by atoms with Crippen LogP contribution >= 0.6 is 11.6 Å². The van der Waals surface area contributed by atoms with E-state index in [2.05, 4.69) is 0 Å². The fraction of sp³-hybridized carbons (Fsp3) is 0.909. The summed E-state index contributed by atoms with van der Waals surface area (Å²) in [6.07, 6.45) is 2.46. The predicted octanol–water partition coefficient (Wildman–Crippen LogP) is 0.420. The van der Waals surface area contributed by atoms with Crippen molar-refractivity contribution in [3.05, 3.63) is 0 Å². The van der Waals surface area contributed by atoms with Gasteiger partial charge in [0.1, 0.15) is 5.88 Å². The van der Waals surface area contributed by atoms with Crippen molar-refractivity contribution in [2.45, 2.75) is 31.4 Å². The number of carbonyl (C=O) groups is 1. The molecule has 7 heteroatoms. The molecule has 1 amide bonds. The normalized spacial score (nSPS) is 30.5. The summed E-state index contributed by atoms with van der Waals surface area (Å²) in [5, 5.41) is 0. The Bertz CT molecular complexity index is 405. The minimum atomic E-state index is -2.99. The Balaban J connectivity index is 2.03. The van der Waals surface area contributed by atoms with Crippen LogP contribution in [0.4, 0.5) is 0 Å². The van der Waals surface area contributed by atoms with Crippen LogP contribution in [0.25, 0.3) is 0 Å². The van der Waals surface area contributed by atoms with Gasteiger partial charge in [0.15, 0.2) is 9.84 Å². The van der Waals surface area contributed by atoms with E-state index in [0.29, 0.717) is 13.0 Å². The summed E-state index contributed by atoms with van der Waals surface area (Å²) in [6, 6.07) is -0.231. The van der Waals surface area contributed by atoms with Gasteiger partial charge in [-0.1, -0.05) is 0 Å². The van der Waals surface area contributed by atoms with Gasteiger partial charge in [-0.3, -0.25) is 4.79 Å². The van der Waals surface area contributed by atoms with E-state index in [0.717, 1.165) is 19.4 Å². The second kappa shape index (κ2) is 5.75. The molecule has 2 atom stereocenters. The van der Waals surface area contributed by atoms with Crippen molar-refractivity contribution in [1.82, 2.24) is 4.90 Å². The SMILES string of the molecule is O=C(CCl)N(C[C@@H]1CCCO1)[C@H]1CCS(=O)(=O)C1. The summed E-state index contributed by atoms with van der Waals surface area (Å²) in [5.74, 6) is -0.0878. The Morgan fingerprint density at radius 1 is 1.39 bits per heavy atom. The smallest absolute Gasteiger partial charge is 0.237 e. The van der Waals surface area contributed by atoms with Crippen molar-refractivity contribution < 1.29 is 17.9 Å². The first-order valence-electron chi connectivity index (χ1n) is 6.19. The van der Waals surface area contributed by atoms with Gasteiger partial charge in [0.25, 0.3) is 0 Å². The Hall–Kier alpha value is -0.330. The van der Waals surface area contributed by atoms with Crippen molar-refractivity contribution >= 4 is 27.3 Å². The molecule has 0 saturated carbocycles. The maximum atomic E-state index is 11.8. The number of hydrogen-bond acceptors (Lipinski definition) is 4. The molecular weight excluding hydrogens is 278 g/mol. The number of sulfone groups is 1. The molecule has 2 aliphatic rings. The zero-order valence-electron chi connectivity index (χ0n) is 10.2. The van der Waals surface area contributed by atoms with Gasteiger partial charge < -0.3 is 9.64 Å². The molecule has 5 nitrogen and oxygen atoms in total. The number of nitrogens with zero attached hydrogens (tertiary/aromatic N) is 1. The maximum absolute atomic E-state index is 11.8. The molecule has 2 aliphatic heterocycles.